The third-order valence-electron chi connectivity index (χ3n) is 6.61. The van der Waals surface area contributed by atoms with Gasteiger partial charge in [0.1, 0.15) is 5.82 Å². The van der Waals surface area contributed by atoms with Crippen LogP contribution in [0.1, 0.15) is 27.2 Å². The molecule has 3 aliphatic rings. The molecule has 1 aliphatic carbocycles. The van der Waals surface area contributed by atoms with Crippen LogP contribution in [0.4, 0.5) is 4.39 Å². The fourth-order valence-corrected chi connectivity index (χ4v) is 5.33. The minimum absolute atomic E-state index is 0.0199. The fourth-order valence-electron chi connectivity index (χ4n) is 5.33. The van der Waals surface area contributed by atoms with Gasteiger partial charge in [-0.3, -0.25) is 9.78 Å². The minimum Gasteiger partial charge on any atom is -0.357 e. The summed E-state index contributed by atoms with van der Waals surface area (Å²) < 4.78 is 13.7. The first-order valence-corrected chi connectivity index (χ1v) is 10.0. The monoisotopic (exact) mass is 388 g/mol. The molecule has 1 fully saturated rings. The summed E-state index contributed by atoms with van der Waals surface area (Å²) in [6.07, 6.45) is 3.57. The Bertz CT molecular complexity index is 1180. The number of benzene rings is 1. The number of pyridine rings is 1. The summed E-state index contributed by atoms with van der Waals surface area (Å²) in [5.74, 6) is -0.244. The van der Waals surface area contributed by atoms with Gasteiger partial charge >= 0.3 is 0 Å². The van der Waals surface area contributed by atoms with Crippen molar-refractivity contribution in [3.05, 3.63) is 64.7 Å². The number of hydrogen-bond donors (Lipinski definition) is 2. The van der Waals surface area contributed by atoms with Crippen LogP contribution < -0.4 is 5.32 Å². The number of carbonyl (C=O) groups excluding carboxylic acids is 1. The van der Waals surface area contributed by atoms with Gasteiger partial charge in [-0.1, -0.05) is 12.1 Å². The number of likely N-dealkylation sites (N-methyl/N-ethyl adjacent to an activating group) is 1. The van der Waals surface area contributed by atoms with Gasteiger partial charge < -0.3 is 15.2 Å². The molecule has 6 heteroatoms. The van der Waals surface area contributed by atoms with E-state index >= 15 is 0 Å². The van der Waals surface area contributed by atoms with Crippen molar-refractivity contribution in [2.45, 2.75) is 18.3 Å². The van der Waals surface area contributed by atoms with Gasteiger partial charge in [0.25, 0.3) is 5.91 Å². The van der Waals surface area contributed by atoms with E-state index in [0.29, 0.717) is 6.54 Å². The van der Waals surface area contributed by atoms with Crippen molar-refractivity contribution in [2.75, 3.05) is 26.7 Å². The number of H-pyrrole nitrogens is 1. The van der Waals surface area contributed by atoms with Crippen LogP contribution in [0, 0.1) is 5.82 Å². The summed E-state index contributed by atoms with van der Waals surface area (Å²) in [5.41, 5.74) is 7.78. The molecule has 146 valence electrons. The molecule has 0 atom stereocenters. The molecule has 2 aliphatic heterocycles. The zero-order valence-corrected chi connectivity index (χ0v) is 16.2. The van der Waals surface area contributed by atoms with Crippen LogP contribution in [0.15, 0.2) is 36.5 Å². The summed E-state index contributed by atoms with van der Waals surface area (Å²) in [6, 6.07) is 8.54. The Morgan fingerprint density at radius 2 is 2.07 bits per heavy atom. The Kier molecular flexibility index (Phi) is 3.36. The molecule has 1 spiro atoms. The van der Waals surface area contributed by atoms with E-state index < -0.39 is 0 Å². The summed E-state index contributed by atoms with van der Waals surface area (Å²) in [5, 5.41) is 3.12. The number of aromatic amines is 1. The first kappa shape index (κ1) is 16.9. The Morgan fingerprint density at radius 1 is 1.21 bits per heavy atom. The lowest BCUT2D eigenvalue weighted by molar-refractivity contribution is 0.0688. The summed E-state index contributed by atoms with van der Waals surface area (Å²) in [7, 11) is 2.11. The molecule has 29 heavy (non-hydrogen) atoms. The first-order chi connectivity index (χ1) is 14.0. The maximum Gasteiger partial charge on any atom is 0.253 e. The van der Waals surface area contributed by atoms with Crippen molar-refractivity contribution in [3.63, 3.8) is 0 Å². The van der Waals surface area contributed by atoms with Crippen molar-refractivity contribution < 1.29 is 9.18 Å². The number of rotatable bonds is 1. The maximum absolute atomic E-state index is 13.7. The van der Waals surface area contributed by atoms with Crippen molar-refractivity contribution in [1.29, 1.82) is 0 Å². The highest BCUT2D eigenvalue weighted by atomic mass is 19.1. The van der Waals surface area contributed by atoms with Gasteiger partial charge in [0.05, 0.1) is 22.4 Å². The van der Waals surface area contributed by atoms with E-state index in [9.17, 15) is 9.18 Å². The van der Waals surface area contributed by atoms with Crippen LogP contribution >= 0.6 is 0 Å². The van der Waals surface area contributed by atoms with Crippen LogP contribution in [0.5, 0.6) is 0 Å². The van der Waals surface area contributed by atoms with E-state index in [1.54, 1.807) is 6.07 Å². The van der Waals surface area contributed by atoms with E-state index in [0.717, 1.165) is 70.8 Å². The molecule has 6 rings (SSSR count). The van der Waals surface area contributed by atoms with Crippen molar-refractivity contribution in [2.24, 2.45) is 0 Å². The molecule has 0 saturated carbocycles. The lowest BCUT2D eigenvalue weighted by Gasteiger charge is -2.50. The van der Waals surface area contributed by atoms with Gasteiger partial charge in [-0.2, -0.15) is 0 Å². The van der Waals surface area contributed by atoms with Crippen molar-refractivity contribution >= 4 is 5.91 Å². The highest BCUT2D eigenvalue weighted by Gasteiger charge is 2.50. The molecule has 0 bridgehead atoms. The van der Waals surface area contributed by atoms with Crippen LogP contribution in [0.2, 0.25) is 0 Å². The zero-order valence-electron chi connectivity index (χ0n) is 16.2. The minimum atomic E-state index is -0.272. The summed E-state index contributed by atoms with van der Waals surface area (Å²) in [6.45, 7) is 2.56. The Balaban J connectivity index is 1.52. The van der Waals surface area contributed by atoms with Crippen LogP contribution in [-0.2, 0) is 18.3 Å². The highest BCUT2D eigenvalue weighted by molar-refractivity contribution is 6.01. The first-order valence-electron chi connectivity index (χ1n) is 10.0. The molecular weight excluding hydrogens is 367 g/mol. The number of fused-ring (bicyclic) bond motifs is 6. The van der Waals surface area contributed by atoms with Gasteiger partial charge in [-0.05, 0) is 49.2 Å². The van der Waals surface area contributed by atoms with Crippen LogP contribution in [-0.4, -0.2) is 47.5 Å². The van der Waals surface area contributed by atoms with Crippen molar-refractivity contribution in [3.8, 4) is 22.5 Å². The fraction of sp³-hybridized carbons (Fsp3) is 0.304. The number of hydrogen-bond acceptors (Lipinski definition) is 3. The summed E-state index contributed by atoms with van der Waals surface area (Å²) in [4.78, 5) is 23.3. The molecule has 2 N–H and O–H groups in total. The van der Waals surface area contributed by atoms with E-state index in [1.807, 2.05) is 18.3 Å². The standard InChI is InChI=1S/C23H21FN4O/c1-28-11-23(12-28)10-26-22(29)19-16-6-5-14-9-25-18(13-3-2-4-15(24)7-13)8-17(14)20(16)27-21(19)23/h2-4,7-9,27H,5-6,10-12H2,1H3,(H,26,29). The average molecular weight is 388 g/mol. The second kappa shape index (κ2) is 5.76. The second-order valence-electron chi connectivity index (χ2n) is 8.60. The SMILES string of the molecule is CN1CC2(CNC(=O)c3c2[nH]c2c3CCc3cnc(-c4cccc(F)c4)cc3-2)C1. The Hall–Kier alpha value is -2.99. The molecule has 4 heterocycles. The molecule has 0 unspecified atom stereocenters. The number of aryl methyl sites for hydroxylation is 1. The molecule has 1 aromatic carbocycles. The summed E-state index contributed by atoms with van der Waals surface area (Å²) >= 11 is 0. The van der Waals surface area contributed by atoms with Gasteiger partial charge in [0.15, 0.2) is 0 Å². The lowest BCUT2D eigenvalue weighted by Crippen LogP contribution is -2.65. The average Bonchev–Trinajstić information content (AvgIpc) is 3.10. The molecule has 5 nitrogen and oxygen atoms in total. The van der Waals surface area contributed by atoms with Crippen molar-refractivity contribution in [1.82, 2.24) is 20.2 Å². The molecule has 3 aromatic rings. The second-order valence-corrected chi connectivity index (χ2v) is 8.60. The predicted molar refractivity (Wildman–Crippen MR) is 108 cm³/mol. The number of nitrogens with one attached hydrogen (secondary N) is 2. The quantitative estimate of drug-likeness (QED) is 0.674. The number of likely N-dealkylation sites (tertiary alicyclic amines) is 1. The molecule has 1 saturated heterocycles. The third-order valence-corrected chi connectivity index (χ3v) is 6.61. The van der Waals surface area contributed by atoms with Crippen LogP contribution in [0.25, 0.3) is 22.5 Å². The zero-order chi connectivity index (χ0) is 19.8. The topological polar surface area (TPSA) is 61.0 Å². The maximum atomic E-state index is 13.7. The van der Waals surface area contributed by atoms with Gasteiger partial charge in [-0.25, -0.2) is 4.39 Å². The largest absolute Gasteiger partial charge is 0.357 e. The number of amides is 1. The van der Waals surface area contributed by atoms with Gasteiger partial charge in [0, 0.05) is 42.7 Å². The number of nitrogens with zero attached hydrogens (tertiary/aromatic N) is 2. The predicted octanol–water partition coefficient (Wildman–Crippen LogP) is 2.91. The Labute approximate surface area is 168 Å². The molecule has 2 aromatic heterocycles. The highest BCUT2D eigenvalue weighted by Crippen LogP contribution is 2.44. The van der Waals surface area contributed by atoms with E-state index in [1.165, 1.54) is 12.1 Å². The van der Waals surface area contributed by atoms with Gasteiger partial charge in [-0.15, -0.1) is 0 Å². The lowest BCUT2D eigenvalue weighted by atomic mass is 9.73. The normalized spacial score (nSPS) is 19.2. The van der Waals surface area contributed by atoms with Gasteiger partial charge in [0.2, 0.25) is 0 Å². The molecule has 1 amide bonds. The van der Waals surface area contributed by atoms with E-state index in [4.69, 9.17) is 0 Å². The third kappa shape index (κ3) is 2.35. The molecular formula is C23H21FN4O. The number of aromatic nitrogens is 2. The van der Waals surface area contributed by atoms with E-state index in [2.05, 4.69) is 27.2 Å². The van der Waals surface area contributed by atoms with E-state index in [-0.39, 0.29) is 17.1 Å². The smallest absolute Gasteiger partial charge is 0.253 e. The number of halogens is 1. The Morgan fingerprint density at radius 3 is 2.86 bits per heavy atom. The number of carbonyl (C=O) groups is 1. The van der Waals surface area contributed by atoms with Crippen LogP contribution in [0.3, 0.4) is 0 Å². The molecule has 0 radical (unpaired) electrons.